The van der Waals surface area contributed by atoms with E-state index in [1.807, 2.05) is 37.4 Å². The second-order valence-corrected chi connectivity index (χ2v) is 6.84. The number of ether oxygens (including phenoxy) is 2. The molecule has 0 radical (unpaired) electrons. The zero-order valence-corrected chi connectivity index (χ0v) is 16.6. The number of methoxy groups -OCH3 is 2. The molecule has 0 aliphatic heterocycles. The summed E-state index contributed by atoms with van der Waals surface area (Å²) in [5, 5.41) is 3.97. The van der Waals surface area contributed by atoms with Crippen LogP contribution in [-0.2, 0) is 17.9 Å². The minimum atomic E-state index is -0.0302. The molecule has 0 bridgehead atoms. The molecule has 5 nitrogen and oxygen atoms in total. The Morgan fingerprint density at radius 1 is 1.00 bits per heavy atom. The lowest BCUT2D eigenvalue weighted by atomic mass is 10.2. The fraction of sp³-hybridized carbons (Fsp3) is 0.316. The normalized spacial score (nSPS) is 11.7. The van der Waals surface area contributed by atoms with Crippen LogP contribution in [0.1, 0.15) is 11.1 Å². The SMILES string of the molecule is COc1ccc(CNC(=O)C[NH+](C)Cc2ccc(Cl)c(Cl)c2)cc1OC. The minimum Gasteiger partial charge on any atom is -0.493 e. The highest BCUT2D eigenvalue weighted by Gasteiger charge is 2.12. The van der Waals surface area contributed by atoms with E-state index in [1.54, 1.807) is 20.3 Å². The number of nitrogens with one attached hydrogen (secondary N) is 2. The number of quaternary nitrogens is 1. The summed E-state index contributed by atoms with van der Waals surface area (Å²) < 4.78 is 10.5. The Morgan fingerprint density at radius 2 is 1.69 bits per heavy atom. The first kappa shape index (κ1) is 20.4. The predicted molar refractivity (Wildman–Crippen MR) is 103 cm³/mol. The van der Waals surface area contributed by atoms with Crippen molar-refractivity contribution in [3.8, 4) is 11.5 Å². The number of rotatable bonds is 8. The van der Waals surface area contributed by atoms with Gasteiger partial charge in [-0.25, -0.2) is 0 Å². The van der Waals surface area contributed by atoms with Crippen LogP contribution in [-0.4, -0.2) is 33.7 Å². The van der Waals surface area contributed by atoms with Gasteiger partial charge < -0.3 is 19.7 Å². The summed E-state index contributed by atoms with van der Waals surface area (Å²) in [5.41, 5.74) is 1.97. The highest BCUT2D eigenvalue weighted by molar-refractivity contribution is 6.42. The van der Waals surface area contributed by atoms with E-state index in [0.29, 0.717) is 41.2 Å². The molecule has 2 N–H and O–H groups in total. The van der Waals surface area contributed by atoms with Crippen molar-refractivity contribution in [2.45, 2.75) is 13.1 Å². The van der Waals surface area contributed by atoms with E-state index in [2.05, 4.69) is 5.32 Å². The molecule has 0 heterocycles. The van der Waals surface area contributed by atoms with Gasteiger partial charge in [-0.1, -0.05) is 35.3 Å². The first-order valence-corrected chi connectivity index (χ1v) is 8.91. The number of carbonyl (C=O) groups excluding carboxylic acids is 1. The van der Waals surface area contributed by atoms with Crippen LogP contribution in [0.25, 0.3) is 0 Å². The van der Waals surface area contributed by atoms with Gasteiger partial charge in [0.25, 0.3) is 5.91 Å². The van der Waals surface area contributed by atoms with Gasteiger partial charge in [-0.2, -0.15) is 0 Å². The molecule has 0 aliphatic rings. The van der Waals surface area contributed by atoms with Gasteiger partial charge in [0.1, 0.15) is 6.54 Å². The van der Waals surface area contributed by atoms with Gasteiger partial charge in [0.05, 0.1) is 31.3 Å². The quantitative estimate of drug-likeness (QED) is 0.718. The average Bonchev–Trinajstić information content (AvgIpc) is 2.62. The summed E-state index contributed by atoms with van der Waals surface area (Å²) >= 11 is 11.9. The number of halogens is 2. The maximum atomic E-state index is 12.2. The number of hydrogen-bond donors (Lipinski definition) is 2. The molecule has 0 spiro atoms. The Morgan fingerprint density at radius 3 is 2.35 bits per heavy atom. The van der Waals surface area contributed by atoms with Crippen LogP contribution in [0, 0.1) is 0 Å². The van der Waals surface area contributed by atoms with Crippen LogP contribution < -0.4 is 19.7 Å². The Hall–Kier alpha value is -1.95. The van der Waals surface area contributed by atoms with Crippen molar-refractivity contribution in [3.05, 3.63) is 57.6 Å². The van der Waals surface area contributed by atoms with Crippen molar-refractivity contribution in [3.63, 3.8) is 0 Å². The Balaban J connectivity index is 1.85. The Kier molecular flexibility index (Phi) is 7.57. The van der Waals surface area contributed by atoms with Gasteiger partial charge in [0, 0.05) is 12.1 Å². The fourth-order valence-corrected chi connectivity index (χ4v) is 2.91. The van der Waals surface area contributed by atoms with Crippen LogP contribution >= 0.6 is 23.2 Å². The molecule has 0 aromatic heterocycles. The van der Waals surface area contributed by atoms with Gasteiger partial charge >= 0.3 is 0 Å². The van der Waals surface area contributed by atoms with Crippen molar-refractivity contribution in [2.24, 2.45) is 0 Å². The van der Waals surface area contributed by atoms with Gasteiger partial charge in [-0.05, 0) is 29.8 Å². The van der Waals surface area contributed by atoms with Crippen LogP contribution in [0.2, 0.25) is 10.0 Å². The first-order valence-electron chi connectivity index (χ1n) is 8.15. The second kappa shape index (κ2) is 9.67. The molecule has 7 heteroatoms. The van der Waals surface area contributed by atoms with Crippen molar-refractivity contribution >= 4 is 29.1 Å². The largest absolute Gasteiger partial charge is 0.493 e. The molecule has 1 amide bonds. The molecule has 26 heavy (non-hydrogen) atoms. The Bertz CT molecular complexity index is 768. The molecule has 2 aromatic carbocycles. The summed E-state index contributed by atoms with van der Waals surface area (Å²) in [5.74, 6) is 1.27. The predicted octanol–water partition coefficient (Wildman–Crippen LogP) is 2.34. The number of benzene rings is 2. The maximum absolute atomic E-state index is 12.2. The summed E-state index contributed by atoms with van der Waals surface area (Å²) in [6, 6.07) is 11.1. The van der Waals surface area contributed by atoms with Crippen LogP contribution in [0.3, 0.4) is 0 Å². The van der Waals surface area contributed by atoms with E-state index < -0.39 is 0 Å². The molecule has 1 unspecified atom stereocenters. The van der Waals surface area contributed by atoms with Crippen LogP contribution in [0.5, 0.6) is 11.5 Å². The van der Waals surface area contributed by atoms with E-state index >= 15 is 0 Å². The molecule has 2 aromatic rings. The molecule has 0 saturated heterocycles. The van der Waals surface area contributed by atoms with E-state index in [0.717, 1.165) is 16.0 Å². The van der Waals surface area contributed by atoms with E-state index in [1.165, 1.54) is 0 Å². The van der Waals surface area contributed by atoms with Gasteiger partial charge in [0.2, 0.25) is 0 Å². The van der Waals surface area contributed by atoms with E-state index in [4.69, 9.17) is 32.7 Å². The smallest absolute Gasteiger partial charge is 0.275 e. The zero-order valence-electron chi connectivity index (χ0n) is 15.1. The third-order valence-electron chi connectivity index (χ3n) is 3.89. The van der Waals surface area contributed by atoms with Crippen molar-refractivity contribution in [1.29, 1.82) is 0 Å². The van der Waals surface area contributed by atoms with E-state index in [-0.39, 0.29) is 5.91 Å². The first-order chi connectivity index (χ1) is 12.4. The monoisotopic (exact) mass is 397 g/mol. The summed E-state index contributed by atoms with van der Waals surface area (Å²) in [6.45, 7) is 1.47. The number of hydrogen-bond acceptors (Lipinski definition) is 3. The summed E-state index contributed by atoms with van der Waals surface area (Å²) in [7, 11) is 5.13. The molecule has 0 aliphatic carbocycles. The molecular formula is C19H23Cl2N2O3+. The summed E-state index contributed by atoms with van der Waals surface area (Å²) in [4.78, 5) is 13.2. The van der Waals surface area contributed by atoms with Crippen molar-refractivity contribution in [1.82, 2.24) is 5.32 Å². The highest BCUT2D eigenvalue weighted by Crippen LogP contribution is 2.27. The lowest BCUT2D eigenvalue weighted by molar-refractivity contribution is -0.885. The third kappa shape index (κ3) is 5.80. The molecule has 1 atom stereocenters. The maximum Gasteiger partial charge on any atom is 0.275 e. The fourth-order valence-electron chi connectivity index (χ4n) is 2.59. The molecule has 140 valence electrons. The lowest BCUT2D eigenvalue weighted by Crippen LogP contribution is -3.08. The average molecular weight is 398 g/mol. The highest BCUT2D eigenvalue weighted by atomic mass is 35.5. The molecule has 0 saturated carbocycles. The van der Waals surface area contributed by atoms with Crippen molar-refractivity contribution < 1.29 is 19.2 Å². The molecular weight excluding hydrogens is 375 g/mol. The zero-order chi connectivity index (χ0) is 19.1. The van der Waals surface area contributed by atoms with Gasteiger partial charge in [-0.3, -0.25) is 4.79 Å². The topological polar surface area (TPSA) is 52.0 Å². The van der Waals surface area contributed by atoms with Crippen molar-refractivity contribution in [2.75, 3.05) is 27.8 Å². The van der Waals surface area contributed by atoms with Crippen LogP contribution in [0.4, 0.5) is 0 Å². The number of likely N-dealkylation sites (N-methyl/N-ethyl adjacent to an activating group) is 1. The molecule has 2 rings (SSSR count). The second-order valence-electron chi connectivity index (χ2n) is 6.03. The van der Waals surface area contributed by atoms with Crippen LogP contribution in [0.15, 0.2) is 36.4 Å². The van der Waals surface area contributed by atoms with E-state index in [9.17, 15) is 4.79 Å². The Labute approximate surface area is 163 Å². The minimum absolute atomic E-state index is 0.0302. The standard InChI is InChI=1S/C19H22Cl2N2O3/c1-23(11-14-4-6-15(20)16(21)8-14)12-19(24)22-10-13-5-7-17(25-2)18(9-13)26-3/h4-9H,10-12H2,1-3H3,(H,22,24)/p+1. The lowest BCUT2D eigenvalue weighted by Gasteiger charge is -2.15. The van der Waals surface area contributed by atoms with Gasteiger partial charge in [-0.15, -0.1) is 0 Å². The van der Waals surface area contributed by atoms with Gasteiger partial charge in [0.15, 0.2) is 18.0 Å². The third-order valence-corrected chi connectivity index (χ3v) is 4.63. The number of amides is 1. The molecule has 0 fully saturated rings. The summed E-state index contributed by atoms with van der Waals surface area (Å²) in [6.07, 6.45) is 0. The number of carbonyl (C=O) groups is 1.